The molecular weight excluding hydrogens is 433 g/mol. The van der Waals surface area contributed by atoms with E-state index in [0.717, 1.165) is 15.8 Å². The second-order valence-electron chi connectivity index (χ2n) is 7.29. The predicted molar refractivity (Wildman–Crippen MR) is 125 cm³/mol. The molecule has 1 aliphatic rings. The van der Waals surface area contributed by atoms with Gasteiger partial charge < -0.3 is 0 Å². The van der Waals surface area contributed by atoms with Gasteiger partial charge in [0.1, 0.15) is 0 Å². The van der Waals surface area contributed by atoms with Crippen molar-refractivity contribution in [1.29, 1.82) is 0 Å². The number of nitrogens with zero attached hydrogens (tertiary/aromatic N) is 3. The standard InChI is InChI=1S/C22H22N3O4PS/c1-17-9-15-21(16-10-17)31-30(20-7-5-4-6-8-20,23(2)22(26)24(30)3)29-19-13-11-18(12-14-19)25(27)28/h4-16H,1-3H3. The number of benzene rings is 3. The topological polar surface area (TPSA) is 75.9 Å². The number of nitro groups is 1. The van der Waals surface area contributed by atoms with Crippen LogP contribution in [-0.2, 0) is 0 Å². The second-order valence-corrected chi connectivity index (χ2v) is 14.1. The number of carbonyl (C=O) groups excluding carboxylic acids is 1. The average molecular weight is 455 g/mol. The number of amides is 2. The van der Waals surface area contributed by atoms with Crippen molar-refractivity contribution in [3.63, 3.8) is 0 Å². The molecule has 160 valence electrons. The van der Waals surface area contributed by atoms with E-state index in [1.54, 1.807) is 35.6 Å². The maximum absolute atomic E-state index is 12.8. The van der Waals surface area contributed by atoms with Crippen molar-refractivity contribution >= 4 is 34.7 Å². The Labute approximate surface area is 184 Å². The summed E-state index contributed by atoms with van der Waals surface area (Å²) in [5.41, 5.74) is 1.11. The van der Waals surface area contributed by atoms with Crippen molar-refractivity contribution in [2.45, 2.75) is 11.8 Å². The van der Waals surface area contributed by atoms with E-state index in [1.807, 2.05) is 61.5 Å². The van der Waals surface area contributed by atoms with E-state index in [0.29, 0.717) is 5.75 Å². The van der Waals surface area contributed by atoms with Crippen molar-refractivity contribution < 1.29 is 14.2 Å². The van der Waals surface area contributed by atoms with Gasteiger partial charge in [-0.25, -0.2) is 0 Å². The number of rotatable bonds is 6. The molecule has 2 amide bonds. The number of urea groups is 1. The van der Waals surface area contributed by atoms with E-state index in [4.69, 9.17) is 4.52 Å². The van der Waals surface area contributed by atoms with Gasteiger partial charge in [-0.15, -0.1) is 0 Å². The molecule has 3 aromatic carbocycles. The maximum atomic E-state index is 12.8. The zero-order valence-corrected chi connectivity index (χ0v) is 19.0. The van der Waals surface area contributed by atoms with Crippen molar-refractivity contribution in [1.82, 2.24) is 9.34 Å². The van der Waals surface area contributed by atoms with Gasteiger partial charge in [0.15, 0.2) is 0 Å². The molecule has 1 heterocycles. The number of nitro benzene ring substituents is 1. The quantitative estimate of drug-likeness (QED) is 0.274. The van der Waals surface area contributed by atoms with Crippen LogP contribution < -0.4 is 9.83 Å². The molecule has 31 heavy (non-hydrogen) atoms. The molecule has 0 bridgehead atoms. The molecule has 7 nitrogen and oxygen atoms in total. The summed E-state index contributed by atoms with van der Waals surface area (Å²) in [6.07, 6.45) is -3.73. The molecule has 0 unspecified atom stereocenters. The van der Waals surface area contributed by atoms with E-state index >= 15 is 0 Å². The van der Waals surface area contributed by atoms with E-state index in [1.165, 1.54) is 23.5 Å². The first-order valence-corrected chi connectivity index (χ1v) is 13.1. The first kappa shape index (κ1) is 21.2. The number of aryl methyl sites for hydroxylation is 1. The van der Waals surface area contributed by atoms with Crippen LogP contribution in [0.15, 0.2) is 83.8 Å². The molecule has 4 rings (SSSR count). The first-order valence-electron chi connectivity index (χ1n) is 9.58. The minimum atomic E-state index is -3.73. The molecular formula is C22H22N3O4PS. The second kappa shape index (κ2) is 7.55. The molecule has 0 N–H and O–H groups in total. The first-order chi connectivity index (χ1) is 14.8. The van der Waals surface area contributed by atoms with Gasteiger partial charge in [-0.05, 0) is 0 Å². The molecule has 0 spiro atoms. The van der Waals surface area contributed by atoms with Crippen LogP contribution in [0, 0.1) is 17.0 Å². The van der Waals surface area contributed by atoms with E-state index in [2.05, 4.69) is 0 Å². The van der Waals surface area contributed by atoms with E-state index in [9.17, 15) is 14.9 Å². The predicted octanol–water partition coefficient (Wildman–Crippen LogP) is 5.61. The molecule has 0 radical (unpaired) electrons. The molecule has 9 heteroatoms. The van der Waals surface area contributed by atoms with Crippen LogP contribution in [0.4, 0.5) is 10.5 Å². The zero-order valence-electron chi connectivity index (χ0n) is 17.3. The summed E-state index contributed by atoms with van der Waals surface area (Å²) in [5.74, 6) is 0.456. The fourth-order valence-corrected chi connectivity index (χ4v) is 11.8. The van der Waals surface area contributed by atoms with E-state index in [-0.39, 0.29) is 11.7 Å². The number of carbonyl (C=O) groups is 1. The Kier molecular flexibility index (Phi) is 5.15. The van der Waals surface area contributed by atoms with Gasteiger partial charge >= 0.3 is 185 Å². The summed E-state index contributed by atoms with van der Waals surface area (Å²) < 4.78 is 10.2. The summed E-state index contributed by atoms with van der Waals surface area (Å²) >= 11 is 1.52. The Bertz CT molecular complexity index is 1130. The van der Waals surface area contributed by atoms with Gasteiger partial charge in [-0.2, -0.15) is 0 Å². The van der Waals surface area contributed by atoms with Gasteiger partial charge in [-0.1, -0.05) is 0 Å². The summed E-state index contributed by atoms with van der Waals surface area (Å²) in [5, 5.41) is 11.9. The van der Waals surface area contributed by atoms with Crippen molar-refractivity contribution in [3.8, 4) is 5.75 Å². The van der Waals surface area contributed by atoms with Gasteiger partial charge in [-0.3, -0.25) is 0 Å². The van der Waals surface area contributed by atoms with E-state index < -0.39 is 11.3 Å². The van der Waals surface area contributed by atoms with Crippen molar-refractivity contribution in [3.05, 3.63) is 94.5 Å². The summed E-state index contributed by atoms with van der Waals surface area (Å²) in [6, 6.07) is 23.6. The van der Waals surface area contributed by atoms with Crippen LogP contribution in [0.3, 0.4) is 0 Å². The summed E-state index contributed by atoms with van der Waals surface area (Å²) in [4.78, 5) is 24.4. The molecule has 1 aliphatic heterocycles. The SMILES string of the molecule is Cc1ccc(SP2(Oc3ccc([N+](=O)[O-])cc3)(c3ccccc3)N(C)C(=O)N2C)cc1. The fourth-order valence-electron chi connectivity index (χ4n) is 3.68. The molecule has 3 aromatic rings. The van der Waals surface area contributed by atoms with Crippen LogP contribution in [0.25, 0.3) is 0 Å². The van der Waals surface area contributed by atoms with Crippen LogP contribution in [0.2, 0.25) is 0 Å². The molecule has 1 fully saturated rings. The zero-order chi connectivity index (χ0) is 22.2. The number of hydrogen-bond donors (Lipinski definition) is 0. The Morgan fingerprint density at radius 3 is 2.03 bits per heavy atom. The van der Waals surface area contributed by atoms with Crippen LogP contribution in [0.5, 0.6) is 5.75 Å². The van der Waals surface area contributed by atoms with Gasteiger partial charge in [0, 0.05) is 0 Å². The molecule has 0 aromatic heterocycles. The van der Waals surface area contributed by atoms with Crippen LogP contribution in [-0.4, -0.2) is 34.4 Å². The monoisotopic (exact) mass is 455 g/mol. The van der Waals surface area contributed by atoms with Crippen molar-refractivity contribution in [2.75, 3.05) is 14.1 Å². The fraction of sp³-hybridized carbons (Fsp3) is 0.136. The third-order valence-corrected chi connectivity index (χ3v) is 14.4. The third-order valence-electron chi connectivity index (χ3n) is 5.42. The normalized spacial score (nSPS) is 17.9. The van der Waals surface area contributed by atoms with Gasteiger partial charge in [0.05, 0.1) is 0 Å². The average Bonchev–Trinajstić information content (AvgIpc) is 2.80. The number of hydrogen-bond acceptors (Lipinski definition) is 5. The Morgan fingerprint density at radius 2 is 1.48 bits per heavy atom. The molecule has 0 aliphatic carbocycles. The molecule has 1 saturated heterocycles. The Morgan fingerprint density at radius 1 is 0.903 bits per heavy atom. The minimum absolute atomic E-state index is 0.0200. The van der Waals surface area contributed by atoms with Crippen LogP contribution in [0.1, 0.15) is 5.56 Å². The summed E-state index contributed by atoms with van der Waals surface area (Å²) in [6.45, 7) is 2.02. The molecule has 0 saturated carbocycles. The van der Waals surface area contributed by atoms with Gasteiger partial charge in [0.25, 0.3) is 0 Å². The Balaban J connectivity index is 1.91. The van der Waals surface area contributed by atoms with Crippen LogP contribution >= 0.6 is 17.7 Å². The summed E-state index contributed by atoms with van der Waals surface area (Å²) in [7, 11) is 3.50. The van der Waals surface area contributed by atoms with Crippen molar-refractivity contribution in [2.24, 2.45) is 0 Å². The third kappa shape index (κ3) is 3.14. The molecule has 0 atom stereocenters. The van der Waals surface area contributed by atoms with Gasteiger partial charge in [0.2, 0.25) is 0 Å². The Hall–Kier alpha value is -3.09. The number of non-ortho nitro benzene ring substituents is 1.